The maximum atomic E-state index is 14.8. The first-order valence-corrected chi connectivity index (χ1v) is 37.3. The average Bonchev–Trinajstić information content (AvgIpc) is 0.772. The quantitative estimate of drug-likeness (QED) is 0.0445. The summed E-state index contributed by atoms with van der Waals surface area (Å²) in [7, 11) is 4.64. The lowest BCUT2D eigenvalue weighted by Crippen LogP contribution is -2.61. The minimum Gasteiger partial charge on any atom is -0.461 e. The van der Waals surface area contributed by atoms with Crippen LogP contribution in [0.15, 0.2) is 72.4 Å². The normalized spacial score (nSPS) is 31.9. The number of cyclic esters (lactones) is 1. The summed E-state index contributed by atoms with van der Waals surface area (Å²) in [6, 6.07) is -1.09. The predicted molar refractivity (Wildman–Crippen MR) is 384 cm³/mol. The number of ketones is 3. The van der Waals surface area contributed by atoms with E-state index in [0.29, 0.717) is 146 Å². The minimum atomic E-state index is -2.43. The maximum Gasteiger partial charge on any atom is 0.329 e. The number of allylic oxidation sites excluding steroid dienone is 6. The molecular formula is C77H115N9O16. The van der Waals surface area contributed by atoms with Crippen LogP contribution in [0.4, 0.5) is 11.9 Å². The maximum absolute atomic E-state index is 14.8. The van der Waals surface area contributed by atoms with E-state index in [0.717, 1.165) is 50.3 Å². The van der Waals surface area contributed by atoms with E-state index < -0.39 is 77.9 Å². The number of methoxy groups -OCH3 is 3. The van der Waals surface area contributed by atoms with Crippen molar-refractivity contribution in [1.82, 2.24) is 34.6 Å². The molecule has 564 valence electrons. The van der Waals surface area contributed by atoms with Crippen molar-refractivity contribution in [2.45, 2.75) is 213 Å². The van der Waals surface area contributed by atoms with E-state index in [1.165, 1.54) is 18.9 Å². The van der Waals surface area contributed by atoms with Crippen LogP contribution in [-0.4, -0.2) is 240 Å². The highest BCUT2D eigenvalue weighted by Gasteiger charge is 2.53. The SMILES string of the molecule is CO[C@H]1C[C@@H]2CC[C@@H](C)[C@@](O)(O2)C(=O)C(=O)N2CCCC[C@H]2C(=O)O[C@H]([C@H](C)C[C@@H]2CC[C@@H](OC(=O)CCc3cnc(N4CCN(C(=O)CCOCCN5CCN(c6ncc(C(C)=O)cn6)CC5)CC4)nc3)[C@H](OC)C2)CC[C@H](C)/C=C(\C)[C@@H](O)[C@@H](OC)C(=O)[C@H](C)C[C@H](C)/C=C/C=C/C=C/1C. The van der Waals surface area contributed by atoms with Crippen LogP contribution in [0.5, 0.6) is 0 Å². The Morgan fingerprint density at radius 2 is 1.39 bits per heavy atom. The number of carbonyl (C=O) groups excluding carboxylic acids is 7. The number of anilines is 2. The number of piperidine rings is 1. The van der Waals surface area contributed by atoms with Crippen LogP contribution in [0, 0.1) is 35.5 Å². The number of fused-ring (bicyclic) bond motifs is 3. The summed E-state index contributed by atoms with van der Waals surface area (Å²) in [4.78, 5) is 124. The van der Waals surface area contributed by atoms with Gasteiger partial charge in [-0.25, -0.2) is 24.7 Å². The molecule has 2 bridgehead atoms. The second-order valence-electron chi connectivity index (χ2n) is 29.4. The van der Waals surface area contributed by atoms with Crippen molar-refractivity contribution in [1.29, 1.82) is 0 Å². The van der Waals surface area contributed by atoms with Gasteiger partial charge in [0.1, 0.15) is 30.5 Å². The molecule has 1 saturated carbocycles. The van der Waals surface area contributed by atoms with Gasteiger partial charge in [-0.2, -0.15) is 0 Å². The van der Waals surface area contributed by atoms with Crippen molar-refractivity contribution in [3.8, 4) is 0 Å². The summed E-state index contributed by atoms with van der Waals surface area (Å²) in [5, 5.41) is 23.8. The fourth-order valence-corrected chi connectivity index (χ4v) is 15.1. The predicted octanol–water partition coefficient (Wildman–Crippen LogP) is 7.85. The molecule has 5 aliphatic heterocycles. The largest absolute Gasteiger partial charge is 0.461 e. The molecule has 4 saturated heterocycles. The van der Waals surface area contributed by atoms with Crippen LogP contribution < -0.4 is 9.80 Å². The van der Waals surface area contributed by atoms with E-state index in [1.54, 1.807) is 52.9 Å². The number of nitrogens with zero attached hydrogens (tertiary/aromatic N) is 9. The standard InChI is InChI=1S/C77H115N9O16/c1-50-17-13-12-14-18-52(3)65(96-9)45-61-24-21-56(7)77(95,102-61)72(92)73(93)86-29-16-15-19-62(86)74(94)101-63(25-20-51(2)42-55(6)70(91)71(98-11)69(90)54(5)41-50)53(4)43-58-22-26-64(66(44-58)97-10)100-68(89)27-23-59-46-78-75(79-47-59)85-36-34-83(35-37-85)67(88)28-39-99-40-38-82-30-32-84(33-31-82)76-80-48-60(49-81-76)57(8)87/h12-14,17-18,42,46-51,53-54,56,58,61-66,70-71,91,95H,15-16,19-41,43-45H2,1-11H3/b14-12+,17-13+,52-18+,55-42+/t50-,51+,53-,54-,56-,58+,61+,62+,63+,64-,65+,66-,70-,71+,77-/m1/s1. The Bertz CT molecular complexity index is 3210. The van der Waals surface area contributed by atoms with Crippen LogP contribution in [0.3, 0.4) is 0 Å². The Morgan fingerprint density at radius 3 is 2.06 bits per heavy atom. The molecule has 8 rings (SSSR count). The van der Waals surface area contributed by atoms with Crippen molar-refractivity contribution in [2.75, 3.05) is 110 Å². The first kappa shape index (κ1) is 81.0. The number of aromatic nitrogens is 4. The van der Waals surface area contributed by atoms with Crippen LogP contribution >= 0.6 is 0 Å². The zero-order chi connectivity index (χ0) is 73.6. The molecule has 7 heterocycles. The number of hydrogen-bond acceptors (Lipinski definition) is 23. The first-order valence-electron chi connectivity index (χ1n) is 37.3. The van der Waals surface area contributed by atoms with Crippen molar-refractivity contribution in [2.24, 2.45) is 35.5 Å². The van der Waals surface area contributed by atoms with Crippen LogP contribution in [0.25, 0.3) is 0 Å². The highest BCUT2D eigenvalue weighted by molar-refractivity contribution is 6.39. The first-order chi connectivity index (χ1) is 48.9. The van der Waals surface area contributed by atoms with Gasteiger partial charge in [-0.15, -0.1) is 0 Å². The molecule has 25 heteroatoms. The van der Waals surface area contributed by atoms with Crippen LogP contribution in [0.2, 0.25) is 0 Å². The Kier molecular flexibility index (Phi) is 31.3. The average molecular weight is 1420 g/mol. The third-order valence-electron chi connectivity index (χ3n) is 21.7. The summed E-state index contributed by atoms with van der Waals surface area (Å²) in [6.45, 7) is 22.1. The van der Waals surface area contributed by atoms with Gasteiger partial charge in [-0.05, 0) is 145 Å². The Hall–Kier alpha value is -6.71. The number of aryl methyl sites for hydroxylation is 1. The number of piperazine rings is 2. The second-order valence-corrected chi connectivity index (χ2v) is 29.4. The third-order valence-corrected chi connectivity index (χ3v) is 21.7. The van der Waals surface area contributed by atoms with Gasteiger partial charge in [0, 0.05) is 136 Å². The van der Waals surface area contributed by atoms with Gasteiger partial charge < -0.3 is 63.0 Å². The molecule has 2 N–H and O–H groups in total. The van der Waals surface area contributed by atoms with Gasteiger partial charge in [0.25, 0.3) is 11.7 Å². The zero-order valence-corrected chi connectivity index (χ0v) is 62.3. The van der Waals surface area contributed by atoms with E-state index in [4.69, 9.17) is 33.2 Å². The molecule has 6 aliphatic rings. The summed E-state index contributed by atoms with van der Waals surface area (Å²) in [5.41, 5.74) is 2.74. The minimum absolute atomic E-state index is 0.0333. The van der Waals surface area contributed by atoms with Gasteiger partial charge in [0.05, 0.1) is 43.5 Å². The zero-order valence-electron chi connectivity index (χ0n) is 62.3. The van der Waals surface area contributed by atoms with Crippen molar-refractivity contribution in [3.63, 3.8) is 0 Å². The lowest BCUT2D eigenvalue weighted by molar-refractivity contribution is -0.265. The number of Topliss-reactive ketones (excluding diaryl/α,β-unsaturated/α-hetero) is 3. The second kappa shape index (κ2) is 39.4. The molecule has 102 heavy (non-hydrogen) atoms. The van der Waals surface area contributed by atoms with E-state index in [2.05, 4.69) is 34.6 Å². The molecule has 5 fully saturated rings. The van der Waals surface area contributed by atoms with Crippen molar-refractivity contribution in [3.05, 3.63) is 83.5 Å². The summed E-state index contributed by atoms with van der Waals surface area (Å²) in [6.07, 6.45) is 20.8. The molecular weight excluding hydrogens is 1310 g/mol. The Labute approximate surface area is 603 Å². The smallest absolute Gasteiger partial charge is 0.329 e. The summed E-state index contributed by atoms with van der Waals surface area (Å²) < 4.78 is 42.4. The van der Waals surface area contributed by atoms with Crippen molar-refractivity contribution < 1.29 is 76.9 Å². The van der Waals surface area contributed by atoms with E-state index >= 15 is 0 Å². The number of carbonyl (C=O) groups is 7. The number of aliphatic hydroxyl groups excluding tert-OH is 1. The number of aliphatic hydroxyl groups is 2. The fourth-order valence-electron chi connectivity index (χ4n) is 15.1. The Morgan fingerprint density at radius 1 is 0.706 bits per heavy atom. The molecule has 25 nitrogen and oxygen atoms in total. The van der Waals surface area contributed by atoms with Gasteiger partial charge in [-0.3, -0.25) is 33.7 Å². The number of ether oxygens (including phenoxy) is 7. The van der Waals surface area contributed by atoms with Crippen LogP contribution in [-0.2, 0) is 68.3 Å². The number of rotatable bonds is 19. The van der Waals surface area contributed by atoms with Crippen molar-refractivity contribution >= 4 is 53.0 Å². The topological polar surface area (TPSA) is 292 Å². The summed E-state index contributed by atoms with van der Waals surface area (Å²) >= 11 is 0. The number of hydrogen-bond donors (Lipinski definition) is 2. The molecule has 2 aromatic heterocycles. The highest BCUT2D eigenvalue weighted by atomic mass is 16.6. The fraction of sp³-hybridized carbons (Fsp3) is 0.701. The summed E-state index contributed by atoms with van der Waals surface area (Å²) in [5.74, 6) is -5.87. The van der Waals surface area contributed by atoms with Gasteiger partial charge in [0.15, 0.2) is 11.6 Å². The van der Waals surface area contributed by atoms with E-state index in [-0.39, 0.29) is 72.6 Å². The number of amides is 2. The molecule has 2 aromatic rings. The van der Waals surface area contributed by atoms with Crippen LogP contribution in [0.1, 0.15) is 168 Å². The molecule has 2 amide bonds. The molecule has 0 spiro atoms. The molecule has 15 atom stereocenters. The molecule has 0 aromatic carbocycles. The van der Waals surface area contributed by atoms with E-state index in [9.17, 15) is 43.8 Å². The Balaban J connectivity index is 0.830. The molecule has 1 aliphatic carbocycles. The lowest BCUT2D eigenvalue weighted by Gasteiger charge is -2.42. The van der Waals surface area contributed by atoms with E-state index in [1.807, 2.05) is 76.0 Å². The molecule has 0 unspecified atom stereocenters. The molecule has 0 radical (unpaired) electrons. The van der Waals surface area contributed by atoms with Gasteiger partial charge in [-0.1, -0.05) is 71.1 Å². The monoisotopic (exact) mass is 1420 g/mol. The number of esters is 2. The lowest BCUT2D eigenvalue weighted by atomic mass is 9.78. The van der Waals surface area contributed by atoms with Gasteiger partial charge >= 0.3 is 11.9 Å². The highest BCUT2D eigenvalue weighted by Crippen LogP contribution is 2.39. The third kappa shape index (κ3) is 22.7. The van der Waals surface area contributed by atoms with Gasteiger partial charge in [0.2, 0.25) is 23.6 Å².